The Balaban J connectivity index is 2.06. The molecule has 0 aliphatic carbocycles. The zero-order valence-electron chi connectivity index (χ0n) is 11.2. The van der Waals surface area contributed by atoms with Gasteiger partial charge in [-0.15, -0.1) is 0 Å². The second-order valence-electron chi connectivity index (χ2n) is 4.41. The molecule has 1 heterocycles. The molecule has 1 unspecified atom stereocenters. The molecule has 0 aliphatic rings. The molecule has 1 N–H and O–H groups in total. The monoisotopic (exact) mass is 339 g/mol. The fourth-order valence-electron chi connectivity index (χ4n) is 2.12. The lowest BCUT2D eigenvalue weighted by molar-refractivity contribution is 0.411. The van der Waals surface area contributed by atoms with Crippen LogP contribution in [0.5, 0.6) is 5.75 Å². The number of hydrogen-bond donors (Lipinski definition) is 1. The van der Waals surface area contributed by atoms with E-state index in [1.54, 1.807) is 18.4 Å². The molecular formula is C15H18BrNOS. The number of ether oxygens (including phenoxy) is 1. The zero-order chi connectivity index (χ0) is 13.7. The highest BCUT2D eigenvalue weighted by atomic mass is 79.9. The third-order valence-electron chi connectivity index (χ3n) is 3.23. The van der Waals surface area contributed by atoms with Gasteiger partial charge < -0.3 is 10.1 Å². The Morgan fingerprint density at radius 1 is 1.37 bits per heavy atom. The van der Waals surface area contributed by atoms with Crippen molar-refractivity contribution in [3.8, 4) is 5.75 Å². The van der Waals surface area contributed by atoms with Crippen LogP contribution in [0.1, 0.15) is 23.6 Å². The van der Waals surface area contributed by atoms with E-state index in [0.717, 1.165) is 23.1 Å². The number of nitrogens with one attached hydrogen (secondary N) is 1. The predicted octanol–water partition coefficient (Wildman–Crippen LogP) is 4.41. The predicted molar refractivity (Wildman–Crippen MR) is 85.1 cm³/mol. The number of thiophene rings is 1. The maximum Gasteiger partial charge on any atom is 0.133 e. The molecule has 0 aliphatic heterocycles. The summed E-state index contributed by atoms with van der Waals surface area (Å²) in [7, 11) is 3.70. The minimum Gasteiger partial charge on any atom is -0.496 e. The summed E-state index contributed by atoms with van der Waals surface area (Å²) in [6.45, 7) is 0. The van der Waals surface area contributed by atoms with Gasteiger partial charge >= 0.3 is 0 Å². The van der Waals surface area contributed by atoms with E-state index in [9.17, 15) is 0 Å². The van der Waals surface area contributed by atoms with Crippen molar-refractivity contribution in [1.82, 2.24) is 5.32 Å². The van der Waals surface area contributed by atoms with Crippen LogP contribution >= 0.6 is 27.3 Å². The molecule has 0 saturated carbocycles. The molecule has 0 radical (unpaired) electrons. The van der Waals surface area contributed by atoms with Crippen molar-refractivity contribution in [3.05, 3.63) is 50.6 Å². The van der Waals surface area contributed by atoms with Gasteiger partial charge in [-0.3, -0.25) is 0 Å². The first-order valence-corrected chi connectivity index (χ1v) is 8.00. The van der Waals surface area contributed by atoms with Crippen molar-refractivity contribution in [1.29, 1.82) is 0 Å². The molecule has 0 spiro atoms. The highest BCUT2D eigenvalue weighted by Gasteiger charge is 2.11. The SMILES string of the molecule is CNC(CCc1ccsc1)c1ccc(OC)c(Br)c1. The zero-order valence-corrected chi connectivity index (χ0v) is 13.6. The molecule has 0 saturated heterocycles. The summed E-state index contributed by atoms with van der Waals surface area (Å²) in [6, 6.07) is 8.82. The lowest BCUT2D eigenvalue weighted by atomic mass is 10.00. The standard InChI is InChI=1S/C15H18BrNOS/c1-17-14(5-3-11-7-8-19-10-11)12-4-6-15(18-2)13(16)9-12/h4,6-10,14,17H,3,5H2,1-2H3. The van der Waals surface area contributed by atoms with Gasteiger partial charge in [-0.05, 0) is 75.9 Å². The van der Waals surface area contributed by atoms with Crippen molar-refractivity contribution < 1.29 is 4.74 Å². The number of halogens is 1. The minimum absolute atomic E-state index is 0.363. The summed E-state index contributed by atoms with van der Waals surface area (Å²) in [5, 5.41) is 7.74. The fourth-order valence-corrected chi connectivity index (χ4v) is 3.38. The third-order valence-corrected chi connectivity index (χ3v) is 4.58. The van der Waals surface area contributed by atoms with Crippen LogP contribution in [0.15, 0.2) is 39.5 Å². The highest BCUT2D eigenvalue weighted by Crippen LogP contribution is 2.29. The summed E-state index contributed by atoms with van der Waals surface area (Å²) in [5.74, 6) is 0.872. The lowest BCUT2D eigenvalue weighted by Gasteiger charge is -2.17. The molecule has 0 fully saturated rings. The smallest absolute Gasteiger partial charge is 0.133 e. The number of rotatable bonds is 6. The molecule has 1 aromatic heterocycles. The lowest BCUT2D eigenvalue weighted by Crippen LogP contribution is -2.17. The summed E-state index contributed by atoms with van der Waals surface area (Å²) in [6.07, 6.45) is 2.19. The van der Waals surface area contributed by atoms with Crippen molar-refractivity contribution in [2.24, 2.45) is 0 Å². The molecule has 102 valence electrons. The summed E-state index contributed by atoms with van der Waals surface area (Å²) >= 11 is 5.30. The third kappa shape index (κ3) is 3.81. The van der Waals surface area contributed by atoms with Gasteiger partial charge in [0.15, 0.2) is 0 Å². The first-order valence-electron chi connectivity index (χ1n) is 6.26. The summed E-state index contributed by atoms with van der Waals surface area (Å²) in [5.41, 5.74) is 2.70. The first-order chi connectivity index (χ1) is 9.24. The number of hydrogen-bond acceptors (Lipinski definition) is 3. The van der Waals surface area contributed by atoms with Crippen molar-refractivity contribution in [2.75, 3.05) is 14.2 Å². The first kappa shape index (κ1) is 14.6. The Kier molecular flexibility index (Phi) is 5.43. The number of aryl methyl sites for hydroxylation is 1. The van der Waals surface area contributed by atoms with E-state index in [1.807, 2.05) is 13.1 Å². The van der Waals surface area contributed by atoms with Crippen LogP contribution in [-0.2, 0) is 6.42 Å². The van der Waals surface area contributed by atoms with Gasteiger partial charge in [-0.25, -0.2) is 0 Å². The van der Waals surface area contributed by atoms with Gasteiger partial charge in [-0.1, -0.05) is 6.07 Å². The van der Waals surface area contributed by atoms with Crippen molar-refractivity contribution in [3.63, 3.8) is 0 Å². The van der Waals surface area contributed by atoms with Gasteiger partial charge in [0.05, 0.1) is 11.6 Å². The van der Waals surface area contributed by atoms with E-state index in [1.165, 1.54) is 11.1 Å². The van der Waals surface area contributed by atoms with E-state index in [-0.39, 0.29) is 0 Å². The van der Waals surface area contributed by atoms with Crippen LogP contribution in [-0.4, -0.2) is 14.2 Å². The van der Waals surface area contributed by atoms with E-state index in [4.69, 9.17) is 4.74 Å². The Bertz CT molecular complexity index is 513. The topological polar surface area (TPSA) is 21.3 Å². The van der Waals surface area contributed by atoms with Gasteiger partial charge in [-0.2, -0.15) is 11.3 Å². The van der Waals surface area contributed by atoms with Crippen LogP contribution in [0.3, 0.4) is 0 Å². The van der Waals surface area contributed by atoms with Crippen molar-refractivity contribution >= 4 is 27.3 Å². The molecule has 0 bridgehead atoms. The highest BCUT2D eigenvalue weighted by molar-refractivity contribution is 9.10. The van der Waals surface area contributed by atoms with Crippen LogP contribution in [0.2, 0.25) is 0 Å². The van der Waals surface area contributed by atoms with Crippen LogP contribution in [0, 0.1) is 0 Å². The van der Waals surface area contributed by atoms with Gasteiger partial charge in [0.2, 0.25) is 0 Å². The Hall–Kier alpha value is -0.840. The molecule has 19 heavy (non-hydrogen) atoms. The second kappa shape index (κ2) is 7.08. The maximum absolute atomic E-state index is 5.27. The molecule has 2 rings (SSSR count). The molecule has 4 heteroatoms. The molecular weight excluding hydrogens is 322 g/mol. The molecule has 0 amide bonds. The van der Waals surface area contributed by atoms with E-state index in [0.29, 0.717) is 6.04 Å². The molecule has 1 atom stereocenters. The number of methoxy groups -OCH3 is 1. The summed E-state index contributed by atoms with van der Waals surface area (Å²) < 4.78 is 6.27. The van der Waals surface area contributed by atoms with E-state index >= 15 is 0 Å². The second-order valence-corrected chi connectivity index (χ2v) is 6.04. The normalized spacial score (nSPS) is 12.4. The van der Waals surface area contributed by atoms with E-state index < -0.39 is 0 Å². The Morgan fingerprint density at radius 3 is 2.79 bits per heavy atom. The van der Waals surface area contributed by atoms with Crippen LogP contribution < -0.4 is 10.1 Å². The number of benzene rings is 1. The largest absolute Gasteiger partial charge is 0.496 e. The van der Waals surface area contributed by atoms with Gasteiger partial charge in [0.25, 0.3) is 0 Å². The molecule has 2 aromatic rings. The molecule has 1 aromatic carbocycles. The summed E-state index contributed by atoms with van der Waals surface area (Å²) in [4.78, 5) is 0. The minimum atomic E-state index is 0.363. The maximum atomic E-state index is 5.27. The molecule has 2 nitrogen and oxygen atoms in total. The van der Waals surface area contributed by atoms with Crippen LogP contribution in [0.25, 0.3) is 0 Å². The van der Waals surface area contributed by atoms with Crippen LogP contribution in [0.4, 0.5) is 0 Å². The van der Waals surface area contributed by atoms with Crippen molar-refractivity contribution in [2.45, 2.75) is 18.9 Å². The average Bonchev–Trinajstić information content (AvgIpc) is 2.93. The average molecular weight is 340 g/mol. The van der Waals surface area contributed by atoms with Gasteiger partial charge in [0, 0.05) is 6.04 Å². The van der Waals surface area contributed by atoms with E-state index in [2.05, 4.69) is 50.2 Å². The Morgan fingerprint density at radius 2 is 2.21 bits per heavy atom. The Labute approximate surface area is 126 Å². The van der Waals surface area contributed by atoms with Gasteiger partial charge in [0.1, 0.15) is 5.75 Å². The quantitative estimate of drug-likeness (QED) is 0.841. The fraction of sp³-hybridized carbons (Fsp3) is 0.333.